The second-order valence-corrected chi connectivity index (χ2v) is 3.12. The molecule has 1 N–H and O–H groups in total. The number of nitrogens with one attached hydrogen (secondary N) is 1. The van der Waals surface area contributed by atoms with Crippen LogP contribution >= 0.6 is 12.8 Å². The van der Waals surface area contributed by atoms with Crippen molar-refractivity contribution in [1.82, 2.24) is 4.90 Å². The SMILES string of the molecule is CN(C)C(=O)c1cccc(NS)c1. The van der Waals surface area contributed by atoms with E-state index in [1.807, 2.05) is 12.1 Å². The van der Waals surface area contributed by atoms with Gasteiger partial charge in [0.05, 0.1) is 0 Å². The Labute approximate surface area is 83.3 Å². The Hall–Kier alpha value is -1.16. The van der Waals surface area contributed by atoms with Gasteiger partial charge in [0.25, 0.3) is 5.91 Å². The molecule has 0 aromatic heterocycles. The molecule has 1 aromatic rings. The van der Waals surface area contributed by atoms with Gasteiger partial charge in [-0.25, -0.2) is 0 Å². The van der Waals surface area contributed by atoms with Crippen LogP contribution in [0.3, 0.4) is 0 Å². The summed E-state index contributed by atoms with van der Waals surface area (Å²) >= 11 is 3.90. The molecule has 1 amide bonds. The molecule has 1 rings (SSSR count). The largest absolute Gasteiger partial charge is 0.345 e. The third-order valence-electron chi connectivity index (χ3n) is 1.64. The lowest BCUT2D eigenvalue weighted by atomic mass is 10.2. The molecule has 0 aliphatic carbocycles. The van der Waals surface area contributed by atoms with Gasteiger partial charge in [-0.05, 0) is 18.2 Å². The van der Waals surface area contributed by atoms with Crippen molar-refractivity contribution in [2.75, 3.05) is 18.8 Å². The second kappa shape index (κ2) is 4.18. The lowest BCUT2D eigenvalue weighted by molar-refractivity contribution is 0.0827. The first-order chi connectivity index (χ1) is 6.15. The summed E-state index contributed by atoms with van der Waals surface area (Å²) in [5, 5.41) is 0. The van der Waals surface area contributed by atoms with Crippen LogP contribution in [0.5, 0.6) is 0 Å². The summed E-state index contributed by atoms with van der Waals surface area (Å²) in [6.07, 6.45) is 0. The van der Waals surface area contributed by atoms with Crippen LogP contribution in [0.4, 0.5) is 5.69 Å². The van der Waals surface area contributed by atoms with Crippen LogP contribution in [-0.4, -0.2) is 24.9 Å². The number of rotatable bonds is 2. The van der Waals surface area contributed by atoms with Crippen molar-refractivity contribution in [2.24, 2.45) is 0 Å². The predicted molar refractivity (Wildman–Crippen MR) is 57.1 cm³/mol. The Kier molecular flexibility index (Phi) is 3.19. The highest BCUT2D eigenvalue weighted by Crippen LogP contribution is 2.12. The molecule has 0 bridgehead atoms. The van der Waals surface area contributed by atoms with Crippen LogP contribution in [0.1, 0.15) is 10.4 Å². The number of thiol groups is 1. The van der Waals surface area contributed by atoms with Crippen LogP contribution in [0.2, 0.25) is 0 Å². The van der Waals surface area contributed by atoms with E-state index in [4.69, 9.17) is 0 Å². The first-order valence-corrected chi connectivity index (χ1v) is 4.31. The molecule has 4 heteroatoms. The van der Waals surface area contributed by atoms with E-state index < -0.39 is 0 Å². The van der Waals surface area contributed by atoms with Crippen molar-refractivity contribution in [1.29, 1.82) is 0 Å². The van der Waals surface area contributed by atoms with Gasteiger partial charge in [-0.15, -0.1) is 0 Å². The molecule has 0 unspecified atom stereocenters. The lowest BCUT2D eigenvalue weighted by Crippen LogP contribution is -2.21. The first kappa shape index (κ1) is 9.92. The molecule has 0 radical (unpaired) electrons. The summed E-state index contributed by atoms with van der Waals surface area (Å²) in [7, 11) is 3.45. The van der Waals surface area contributed by atoms with Crippen LogP contribution in [0.15, 0.2) is 24.3 Å². The molecule has 0 saturated heterocycles. The molecule has 13 heavy (non-hydrogen) atoms. The highest BCUT2D eigenvalue weighted by atomic mass is 32.1. The average Bonchev–Trinajstić information content (AvgIpc) is 2.16. The van der Waals surface area contributed by atoms with E-state index in [2.05, 4.69) is 17.5 Å². The highest BCUT2D eigenvalue weighted by Gasteiger charge is 2.07. The summed E-state index contributed by atoms with van der Waals surface area (Å²) in [6, 6.07) is 7.20. The average molecular weight is 196 g/mol. The normalized spacial score (nSPS) is 9.46. The fraction of sp³-hybridized carbons (Fsp3) is 0.222. The lowest BCUT2D eigenvalue weighted by Gasteiger charge is -2.10. The second-order valence-electron chi connectivity index (χ2n) is 2.89. The number of benzene rings is 1. The molecule has 3 nitrogen and oxygen atoms in total. The minimum atomic E-state index is -0.00886. The Morgan fingerprint density at radius 2 is 2.15 bits per heavy atom. The molecule has 0 heterocycles. The van der Waals surface area contributed by atoms with Gasteiger partial charge in [-0.2, -0.15) is 0 Å². The highest BCUT2D eigenvalue weighted by molar-refractivity contribution is 7.81. The fourth-order valence-corrected chi connectivity index (χ4v) is 1.12. The Balaban J connectivity index is 2.95. The van der Waals surface area contributed by atoms with E-state index in [1.165, 1.54) is 4.90 Å². The maximum atomic E-state index is 11.5. The van der Waals surface area contributed by atoms with Gasteiger partial charge in [0, 0.05) is 25.3 Å². The van der Waals surface area contributed by atoms with Gasteiger partial charge in [0.1, 0.15) is 0 Å². The number of carbonyl (C=O) groups excluding carboxylic acids is 1. The number of anilines is 1. The minimum absolute atomic E-state index is 0.00886. The molecular formula is C9H12N2OS. The van der Waals surface area contributed by atoms with Gasteiger partial charge < -0.3 is 9.62 Å². The monoisotopic (exact) mass is 196 g/mol. The summed E-state index contributed by atoms with van der Waals surface area (Å²) in [6.45, 7) is 0. The Morgan fingerprint density at radius 3 is 2.69 bits per heavy atom. The number of amides is 1. The zero-order chi connectivity index (χ0) is 9.84. The van der Waals surface area contributed by atoms with Gasteiger partial charge in [0.2, 0.25) is 0 Å². The zero-order valence-corrected chi connectivity index (χ0v) is 8.51. The quantitative estimate of drug-likeness (QED) is 0.705. The fourth-order valence-electron chi connectivity index (χ4n) is 0.980. The maximum Gasteiger partial charge on any atom is 0.253 e. The summed E-state index contributed by atoms with van der Waals surface area (Å²) in [5.74, 6) is -0.00886. The topological polar surface area (TPSA) is 32.3 Å². The third kappa shape index (κ3) is 2.39. The number of nitrogens with zero attached hydrogens (tertiary/aromatic N) is 1. The molecule has 0 atom stereocenters. The summed E-state index contributed by atoms with van der Waals surface area (Å²) < 4.78 is 2.68. The standard InChI is InChI=1S/C9H12N2OS/c1-11(2)9(12)7-4-3-5-8(6-7)10-13/h3-6,10,13H,1-2H3. The number of hydrogen-bond donors (Lipinski definition) is 2. The molecule has 1 aromatic carbocycles. The van der Waals surface area contributed by atoms with Crippen molar-refractivity contribution < 1.29 is 4.79 Å². The number of carbonyl (C=O) groups is 1. The number of hydrogen-bond acceptors (Lipinski definition) is 3. The maximum absolute atomic E-state index is 11.5. The minimum Gasteiger partial charge on any atom is -0.345 e. The van der Waals surface area contributed by atoms with Gasteiger partial charge in [-0.3, -0.25) is 4.79 Å². The van der Waals surface area contributed by atoms with Crippen LogP contribution in [-0.2, 0) is 0 Å². The zero-order valence-electron chi connectivity index (χ0n) is 7.61. The van der Waals surface area contributed by atoms with Crippen molar-refractivity contribution in [3.8, 4) is 0 Å². The first-order valence-electron chi connectivity index (χ1n) is 3.87. The van der Waals surface area contributed by atoms with Crippen molar-refractivity contribution in [3.63, 3.8) is 0 Å². The van der Waals surface area contributed by atoms with E-state index in [0.29, 0.717) is 5.56 Å². The molecule has 0 saturated carbocycles. The molecule has 0 aliphatic heterocycles. The van der Waals surface area contributed by atoms with Crippen molar-refractivity contribution in [2.45, 2.75) is 0 Å². The van der Waals surface area contributed by atoms with Crippen molar-refractivity contribution in [3.05, 3.63) is 29.8 Å². The molecule has 0 aliphatic rings. The molecular weight excluding hydrogens is 184 g/mol. The predicted octanol–water partition coefficient (Wildman–Crippen LogP) is 1.65. The Morgan fingerprint density at radius 1 is 1.46 bits per heavy atom. The van der Waals surface area contributed by atoms with E-state index >= 15 is 0 Å². The third-order valence-corrected chi connectivity index (χ3v) is 1.90. The van der Waals surface area contributed by atoms with Gasteiger partial charge in [0.15, 0.2) is 0 Å². The molecule has 70 valence electrons. The smallest absolute Gasteiger partial charge is 0.253 e. The Bertz CT molecular complexity index is 312. The van der Waals surface area contributed by atoms with E-state index in [0.717, 1.165) is 5.69 Å². The van der Waals surface area contributed by atoms with Gasteiger partial charge >= 0.3 is 0 Å². The van der Waals surface area contributed by atoms with Crippen LogP contribution in [0, 0.1) is 0 Å². The van der Waals surface area contributed by atoms with E-state index in [-0.39, 0.29) is 5.91 Å². The summed E-state index contributed by atoms with van der Waals surface area (Å²) in [4.78, 5) is 13.0. The van der Waals surface area contributed by atoms with Crippen LogP contribution < -0.4 is 4.72 Å². The molecule has 0 spiro atoms. The van der Waals surface area contributed by atoms with E-state index in [9.17, 15) is 4.79 Å². The van der Waals surface area contributed by atoms with Crippen molar-refractivity contribution >= 4 is 24.4 Å². The van der Waals surface area contributed by atoms with Crippen LogP contribution in [0.25, 0.3) is 0 Å². The van der Waals surface area contributed by atoms with E-state index in [1.54, 1.807) is 26.2 Å². The van der Waals surface area contributed by atoms with Gasteiger partial charge in [-0.1, -0.05) is 18.9 Å². The molecule has 0 fully saturated rings. The summed E-state index contributed by atoms with van der Waals surface area (Å²) in [5.41, 5.74) is 1.47.